The summed E-state index contributed by atoms with van der Waals surface area (Å²) in [5, 5.41) is 7.22. The minimum atomic E-state index is -0.958. The van der Waals surface area contributed by atoms with Gasteiger partial charge in [0, 0.05) is 18.2 Å². The zero-order valence-corrected chi connectivity index (χ0v) is 17.9. The van der Waals surface area contributed by atoms with Gasteiger partial charge in [-0.3, -0.25) is 9.59 Å². The molecular weight excluding hydrogens is 385 g/mol. The van der Waals surface area contributed by atoms with Crippen LogP contribution in [0.3, 0.4) is 0 Å². The molecule has 0 bridgehead atoms. The van der Waals surface area contributed by atoms with Crippen molar-refractivity contribution in [1.29, 1.82) is 0 Å². The lowest BCUT2D eigenvalue weighted by Gasteiger charge is -2.48. The van der Waals surface area contributed by atoms with Crippen LogP contribution in [0.1, 0.15) is 57.5 Å². The predicted octanol–water partition coefficient (Wildman–Crippen LogP) is 4.03. The molecule has 2 amide bonds. The third kappa shape index (κ3) is 3.40. The topological polar surface area (TPSA) is 75.4 Å². The standard InChI is InChI=1S/C23H28FN3O3/c1-5-16-12-23(16)13-27(22(4,11-14(2)3)21(29)25-23)20(28)19-10-18(26-30-19)15-6-8-17(24)9-7-15/h6-10,14,16H,5,11-13H2,1-4H3,(H,25,29). The van der Waals surface area contributed by atoms with E-state index in [1.165, 1.54) is 12.1 Å². The average molecular weight is 413 g/mol. The summed E-state index contributed by atoms with van der Waals surface area (Å²) in [6.07, 6.45) is 2.39. The maximum absolute atomic E-state index is 13.5. The Morgan fingerprint density at radius 1 is 1.37 bits per heavy atom. The van der Waals surface area contributed by atoms with Gasteiger partial charge in [0.1, 0.15) is 17.1 Å². The molecule has 1 aromatic heterocycles. The van der Waals surface area contributed by atoms with Gasteiger partial charge >= 0.3 is 0 Å². The van der Waals surface area contributed by atoms with Crippen molar-refractivity contribution in [1.82, 2.24) is 15.4 Å². The van der Waals surface area contributed by atoms with Gasteiger partial charge in [0.05, 0.1) is 5.54 Å². The monoisotopic (exact) mass is 413 g/mol. The Morgan fingerprint density at radius 2 is 2.07 bits per heavy atom. The number of halogens is 1. The van der Waals surface area contributed by atoms with Gasteiger partial charge in [-0.05, 0) is 55.9 Å². The smallest absolute Gasteiger partial charge is 0.293 e. The maximum atomic E-state index is 13.5. The van der Waals surface area contributed by atoms with Crippen molar-refractivity contribution in [3.05, 3.63) is 41.9 Å². The molecule has 3 atom stereocenters. The molecular formula is C23H28FN3O3. The summed E-state index contributed by atoms with van der Waals surface area (Å²) in [4.78, 5) is 28.4. The van der Waals surface area contributed by atoms with Crippen molar-refractivity contribution in [2.45, 2.75) is 58.0 Å². The number of amides is 2. The van der Waals surface area contributed by atoms with Gasteiger partial charge in [0.25, 0.3) is 5.91 Å². The molecule has 1 saturated heterocycles. The van der Waals surface area contributed by atoms with Crippen LogP contribution < -0.4 is 5.32 Å². The third-order valence-corrected chi connectivity index (χ3v) is 6.52. The molecule has 6 nitrogen and oxygen atoms in total. The Balaban J connectivity index is 1.65. The molecule has 1 aromatic carbocycles. The molecule has 1 aliphatic heterocycles. The number of carbonyl (C=O) groups is 2. The number of piperazine rings is 1. The van der Waals surface area contributed by atoms with Crippen LogP contribution >= 0.6 is 0 Å². The molecule has 30 heavy (non-hydrogen) atoms. The molecule has 1 spiro atoms. The van der Waals surface area contributed by atoms with E-state index in [1.54, 1.807) is 23.1 Å². The summed E-state index contributed by atoms with van der Waals surface area (Å²) < 4.78 is 18.6. The van der Waals surface area contributed by atoms with Gasteiger partial charge in [-0.2, -0.15) is 0 Å². The van der Waals surface area contributed by atoms with Crippen LogP contribution in [0.25, 0.3) is 11.3 Å². The molecule has 2 aliphatic rings. The van der Waals surface area contributed by atoms with Crippen LogP contribution in [0.4, 0.5) is 4.39 Å². The van der Waals surface area contributed by atoms with E-state index >= 15 is 0 Å². The van der Waals surface area contributed by atoms with Gasteiger partial charge in [-0.25, -0.2) is 4.39 Å². The quantitative estimate of drug-likeness (QED) is 0.803. The number of rotatable bonds is 5. The first-order valence-corrected chi connectivity index (χ1v) is 10.6. The maximum Gasteiger partial charge on any atom is 0.293 e. The highest BCUT2D eigenvalue weighted by atomic mass is 19.1. The Hall–Kier alpha value is -2.70. The van der Waals surface area contributed by atoms with Crippen LogP contribution in [0, 0.1) is 17.7 Å². The summed E-state index contributed by atoms with van der Waals surface area (Å²) in [6.45, 7) is 8.47. The van der Waals surface area contributed by atoms with Crippen LogP contribution in [0.15, 0.2) is 34.9 Å². The van der Waals surface area contributed by atoms with Crippen molar-refractivity contribution in [2.24, 2.45) is 11.8 Å². The molecule has 160 valence electrons. The largest absolute Gasteiger partial charge is 0.350 e. The van der Waals surface area contributed by atoms with Crippen molar-refractivity contribution in [3.63, 3.8) is 0 Å². The van der Waals surface area contributed by atoms with E-state index < -0.39 is 5.54 Å². The molecule has 1 N–H and O–H groups in total. The van der Waals surface area contributed by atoms with E-state index in [-0.39, 0.29) is 34.8 Å². The normalized spacial score (nSPS) is 28.1. The summed E-state index contributed by atoms with van der Waals surface area (Å²) in [5.74, 6) is -0.0916. The zero-order valence-electron chi connectivity index (χ0n) is 17.9. The average Bonchev–Trinajstić information content (AvgIpc) is 3.13. The van der Waals surface area contributed by atoms with Gasteiger partial charge in [0.15, 0.2) is 0 Å². The van der Waals surface area contributed by atoms with Gasteiger partial charge < -0.3 is 14.7 Å². The minimum absolute atomic E-state index is 0.0860. The molecule has 2 aromatic rings. The lowest BCUT2D eigenvalue weighted by Crippen LogP contribution is -2.70. The lowest BCUT2D eigenvalue weighted by molar-refractivity contribution is -0.138. The van der Waals surface area contributed by atoms with Gasteiger partial charge in [-0.15, -0.1) is 0 Å². The minimum Gasteiger partial charge on any atom is -0.350 e. The second-order valence-corrected chi connectivity index (χ2v) is 9.27. The van der Waals surface area contributed by atoms with Crippen LogP contribution in [0.2, 0.25) is 0 Å². The second-order valence-electron chi connectivity index (χ2n) is 9.27. The van der Waals surface area contributed by atoms with Crippen molar-refractivity contribution in [3.8, 4) is 11.3 Å². The number of hydrogen-bond donors (Lipinski definition) is 1. The first-order valence-electron chi connectivity index (χ1n) is 10.6. The first kappa shape index (κ1) is 20.6. The SMILES string of the molecule is CCC1CC12CN(C(=O)c1cc(-c3ccc(F)cc3)no1)C(C)(CC(C)C)C(=O)N2. The van der Waals surface area contributed by atoms with Gasteiger partial charge in [0.2, 0.25) is 11.7 Å². The van der Waals surface area contributed by atoms with E-state index in [2.05, 4.69) is 17.4 Å². The highest BCUT2D eigenvalue weighted by Gasteiger charge is 2.62. The summed E-state index contributed by atoms with van der Waals surface area (Å²) in [7, 11) is 0. The number of carbonyl (C=O) groups excluding carboxylic acids is 2. The highest BCUT2D eigenvalue weighted by molar-refractivity contribution is 5.99. The van der Waals surface area contributed by atoms with Crippen LogP contribution in [-0.4, -0.2) is 39.5 Å². The Bertz CT molecular complexity index is 970. The number of nitrogens with one attached hydrogen (secondary N) is 1. The molecule has 1 aliphatic carbocycles. The molecule has 3 unspecified atom stereocenters. The fourth-order valence-electron chi connectivity index (χ4n) is 4.80. The number of aromatic nitrogens is 1. The van der Waals surface area contributed by atoms with E-state index in [4.69, 9.17) is 4.52 Å². The van der Waals surface area contributed by atoms with Crippen LogP contribution in [-0.2, 0) is 4.79 Å². The summed E-state index contributed by atoms with van der Waals surface area (Å²) in [5.41, 5.74) is -0.180. The lowest BCUT2D eigenvalue weighted by atomic mass is 9.84. The van der Waals surface area contributed by atoms with E-state index in [0.29, 0.717) is 30.1 Å². The molecule has 1 saturated carbocycles. The third-order valence-electron chi connectivity index (χ3n) is 6.52. The first-order chi connectivity index (χ1) is 14.2. The number of nitrogens with zero attached hydrogens (tertiary/aromatic N) is 2. The fourth-order valence-corrected chi connectivity index (χ4v) is 4.80. The number of benzene rings is 1. The molecule has 2 fully saturated rings. The predicted molar refractivity (Wildman–Crippen MR) is 110 cm³/mol. The second kappa shape index (κ2) is 7.22. The highest BCUT2D eigenvalue weighted by Crippen LogP contribution is 2.50. The summed E-state index contributed by atoms with van der Waals surface area (Å²) >= 11 is 0. The van der Waals surface area contributed by atoms with Crippen LogP contribution in [0.5, 0.6) is 0 Å². The van der Waals surface area contributed by atoms with Crippen molar-refractivity contribution < 1.29 is 18.5 Å². The van der Waals surface area contributed by atoms with Gasteiger partial charge in [-0.1, -0.05) is 32.3 Å². The zero-order chi connectivity index (χ0) is 21.7. The Kier molecular flexibility index (Phi) is 4.95. The molecule has 4 rings (SSSR count). The van der Waals surface area contributed by atoms with E-state index in [0.717, 1.165) is 12.8 Å². The Labute approximate surface area is 175 Å². The Morgan fingerprint density at radius 3 is 2.67 bits per heavy atom. The fraction of sp³-hybridized carbons (Fsp3) is 0.522. The summed E-state index contributed by atoms with van der Waals surface area (Å²) in [6, 6.07) is 7.41. The van der Waals surface area contributed by atoms with E-state index in [9.17, 15) is 14.0 Å². The van der Waals surface area contributed by atoms with E-state index in [1.807, 2.05) is 20.8 Å². The molecule has 7 heteroatoms. The molecule has 0 radical (unpaired) electrons. The van der Waals surface area contributed by atoms with Crippen molar-refractivity contribution >= 4 is 11.8 Å². The van der Waals surface area contributed by atoms with Crippen molar-refractivity contribution in [2.75, 3.05) is 6.54 Å². The molecule has 2 heterocycles. The number of hydrogen-bond acceptors (Lipinski definition) is 4.